The van der Waals surface area contributed by atoms with E-state index in [9.17, 15) is 0 Å². The molecule has 14 heavy (non-hydrogen) atoms. The number of hydrogen-bond acceptors (Lipinski definition) is 2. The highest BCUT2D eigenvalue weighted by molar-refractivity contribution is 4.69. The predicted molar refractivity (Wildman–Crippen MR) is 62.6 cm³/mol. The molecule has 2 nitrogen and oxygen atoms in total. The molecule has 0 aliphatic rings. The van der Waals surface area contributed by atoms with Crippen molar-refractivity contribution in [2.45, 2.75) is 53.0 Å². The van der Waals surface area contributed by atoms with Gasteiger partial charge in [0.15, 0.2) is 0 Å². The lowest BCUT2D eigenvalue weighted by Gasteiger charge is -2.22. The van der Waals surface area contributed by atoms with Gasteiger partial charge in [-0.15, -0.1) is 0 Å². The van der Waals surface area contributed by atoms with E-state index in [-0.39, 0.29) is 0 Å². The van der Waals surface area contributed by atoms with E-state index in [0.717, 1.165) is 25.7 Å². The van der Waals surface area contributed by atoms with Crippen molar-refractivity contribution in [2.24, 2.45) is 5.92 Å². The summed E-state index contributed by atoms with van der Waals surface area (Å²) in [5, 5.41) is 3.59. The third-order valence-corrected chi connectivity index (χ3v) is 2.47. The molecule has 86 valence electrons. The first-order chi connectivity index (χ1) is 6.72. The van der Waals surface area contributed by atoms with Crippen molar-refractivity contribution in [3.05, 3.63) is 0 Å². The van der Waals surface area contributed by atoms with Crippen LogP contribution in [0.5, 0.6) is 0 Å². The summed E-state index contributed by atoms with van der Waals surface area (Å²) in [5.41, 5.74) is 0. The Morgan fingerprint density at radius 1 is 1.21 bits per heavy atom. The quantitative estimate of drug-likeness (QED) is 0.579. The summed E-state index contributed by atoms with van der Waals surface area (Å²) < 4.78 is 5.34. The van der Waals surface area contributed by atoms with Gasteiger partial charge in [-0.05, 0) is 38.6 Å². The average Bonchev–Trinajstić information content (AvgIpc) is 2.16. The first-order valence-electron chi connectivity index (χ1n) is 6.03. The minimum absolute atomic E-state index is 0.662. The minimum Gasteiger partial charge on any atom is -0.382 e. The standard InChI is InChI=1S/C12H27NO/c1-5-9-13-12(11(3)4)8-7-10-14-6-2/h11-13H,5-10H2,1-4H3. The Hall–Kier alpha value is -0.0800. The molecule has 0 saturated heterocycles. The van der Waals surface area contributed by atoms with Gasteiger partial charge in [-0.3, -0.25) is 0 Å². The molecule has 1 atom stereocenters. The Bertz CT molecular complexity index is 115. The molecule has 0 amide bonds. The van der Waals surface area contributed by atoms with Crippen LogP contribution < -0.4 is 5.32 Å². The zero-order valence-electron chi connectivity index (χ0n) is 10.3. The van der Waals surface area contributed by atoms with Crippen molar-refractivity contribution in [1.82, 2.24) is 5.32 Å². The van der Waals surface area contributed by atoms with Crippen LogP contribution in [0.4, 0.5) is 0 Å². The molecule has 0 spiro atoms. The molecule has 1 unspecified atom stereocenters. The molecule has 0 aromatic rings. The van der Waals surface area contributed by atoms with Gasteiger partial charge in [-0.1, -0.05) is 20.8 Å². The van der Waals surface area contributed by atoms with Crippen LogP contribution in [0.1, 0.15) is 47.0 Å². The van der Waals surface area contributed by atoms with Crippen LogP contribution in [0, 0.1) is 5.92 Å². The maximum absolute atomic E-state index is 5.34. The third-order valence-electron chi connectivity index (χ3n) is 2.47. The molecule has 2 heteroatoms. The molecule has 0 rings (SSSR count). The largest absolute Gasteiger partial charge is 0.382 e. The van der Waals surface area contributed by atoms with Crippen LogP contribution in [0.2, 0.25) is 0 Å². The highest BCUT2D eigenvalue weighted by atomic mass is 16.5. The minimum atomic E-state index is 0.662. The summed E-state index contributed by atoms with van der Waals surface area (Å²) in [6.07, 6.45) is 3.62. The monoisotopic (exact) mass is 201 g/mol. The van der Waals surface area contributed by atoms with Gasteiger partial charge in [-0.25, -0.2) is 0 Å². The third kappa shape index (κ3) is 7.34. The van der Waals surface area contributed by atoms with Crippen LogP contribution in [-0.4, -0.2) is 25.8 Å². The van der Waals surface area contributed by atoms with Crippen LogP contribution >= 0.6 is 0 Å². The smallest absolute Gasteiger partial charge is 0.0466 e. The second kappa shape index (κ2) is 9.47. The summed E-state index contributed by atoms with van der Waals surface area (Å²) in [4.78, 5) is 0. The fraction of sp³-hybridized carbons (Fsp3) is 1.00. The van der Waals surface area contributed by atoms with Gasteiger partial charge in [0, 0.05) is 19.3 Å². The van der Waals surface area contributed by atoms with Crippen molar-refractivity contribution < 1.29 is 4.74 Å². The summed E-state index contributed by atoms with van der Waals surface area (Å²) in [7, 11) is 0. The Kier molecular flexibility index (Phi) is 9.42. The topological polar surface area (TPSA) is 21.3 Å². The first kappa shape index (κ1) is 13.9. The highest BCUT2D eigenvalue weighted by Gasteiger charge is 2.11. The van der Waals surface area contributed by atoms with Gasteiger partial charge in [-0.2, -0.15) is 0 Å². The van der Waals surface area contributed by atoms with E-state index in [1.54, 1.807) is 0 Å². The van der Waals surface area contributed by atoms with Crippen LogP contribution in [0.25, 0.3) is 0 Å². The number of ether oxygens (including phenoxy) is 1. The predicted octanol–water partition coefficient (Wildman–Crippen LogP) is 2.83. The molecule has 0 aromatic heterocycles. The van der Waals surface area contributed by atoms with Gasteiger partial charge < -0.3 is 10.1 Å². The lowest BCUT2D eigenvalue weighted by molar-refractivity contribution is 0.139. The Balaban J connectivity index is 3.52. The van der Waals surface area contributed by atoms with Crippen molar-refractivity contribution in [1.29, 1.82) is 0 Å². The van der Waals surface area contributed by atoms with E-state index in [1.807, 2.05) is 0 Å². The lowest BCUT2D eigenvalue weighted by atomic mass is 9.99. The molecular formula is C12H27NO. The number of nitrogens with one attached hydrogen (secondary N) is 1. The molecule has 0 aliphatic heterocycles. The summed E-state index contributed by atoms with van der Waals surface area (Å²) >= 11 is 0. The zero-order valence-corrected chi connectivity index (χ0v) is 10.3. The highest BCUT2D eigenvalue weighted by Crippen LogP contribution is 2.08. The maximum Gasteiger partial charge on any atom is 0.0466 e. The van der Waals surface area contributed by atoms with Gasteiger partial charge in [0.2, 0.25) is 0 Å². The van der Waals surface area contributed by atoms with Crippen molar-refractivity contribution in [3.63, 3.8) is 0 Å². The Labute approximate surface area is 89.4 Å². The summed E-state index contributed by atoms with van der Waals surface area (Å²) in [6.45, 7) is 11.7. The van der Waals surface area contributed by atoms with Crippen molar-refractivity contribution >= 4 is 0 Å². The van der Waals surface area contributed by atoms with Crippen LogP contribution in [0.3, 0.4) is 0 Å². The second-order valence-electron chi connectivity index (χ2n) is 4.14. The normalized spacial score (nSPS) is 13.5. The second-order valence-corrected chi connectivity index (χ2v) is 4.14. The van der Waals surface area contributed by atoms with E-state index < -0.39 is 0 Å². The number of hydrogen-bond donors (Lipinski definition) is 1. The maximum atomic E-state index is 5.34. The molecule has 0 heterocycles. The molecule has 0 fully saturated rings. The Morgan fingerprint density at radius 3 is 2.43 bits per heavy atom. The fourth-order valence-electron chi connectivity index (χ4n) is 1.55. The van der Waals surface area contributed by atoms with E-state index in [0.29, 0.717) is 6.04 Å². The molecule has 0 aliphatic carbocycles. The molecule has 0 radical (unpaired) electrons. The molecule has 0 aromatic carbocycles. The SMILES string of the molecule is CCCNC(CCCOCC)C(C)C. The van der Waals surface area contributed by atoms with E-state index in [4.69, 9.17) is 4.74 Å². The van der Waals surface area contributed by atoms with Crippen molar-refractivity contribution in [3.8, 4) is 0 Å². The summed E-state index contributed by atoms with van der Waals surface area (Å²) in [5.74, 6) is 0.725. The molecule has 0 bridgehead atoms. The van der Waals surface area contributed by atoms with E-state index in [2.05, 4.69) is 33.0 Å². The molecule has 1 N–H and O–H groups in total. The van der Waals surface area contributed by atoms with E-state index >= 15 is 0 Å². The number of rotatable bonds is 9. The lowest BCUT2D eigenvalue weighted by Crippen LogP contribution is -2.34. The summed E-state index contributed by atoms with van der Waals surface area (Å²) in [6, 6.07) is 0.662. The molecule has 0 saturated carbocycles. The molecular weight excluding hydrogens is 174 g/mol. The first-order valence-corrected chi connectivity index (χ1v) is 6.03. The zero-order chi connectivity index (χ0) is 10.8. The van der Waals surface area contributed by atoms with E-state index in [1.165, 1.54) is 19.3 Å². The van der Waals surface area contributed by atoms with Gasteiger partial charge in [0.1, 0.15) is 0 Å². The van der Waals surface area contributed by atoms with Crippen LogP contribution in [0.15, 0.2) is 0 Å². The van der Waals surface area contributed by atoms with Gasteiger partial charge in [0.05, 0.1) is 0 Å². The van der Waals surface area contributed by atoms with Gasteiger partial charge in [0.25, 0.3) is 0 Å². The fourth-order valence-corrected chi connectivity index (χ4v) is 1.55. The van der Waals surface area contributed by atoms with Gasteiger partial charge >= 0.3 is 0 Å². The van der Waals surface area contributed by atoms with Crippen molar-refractivity contribution in [2.75, 3.05) is 19.8 Å². The Morgan fingerprint density at radius 2 is 1.93 bits per heavy atom. The van der Waals surface area contributed by atoms with Crippen LogP contribution in [-0.2, 0) is 4.74 Å². The average molecular weight is 201 g/mol.